The maximum absolute atomic E-state index is 8.46. The van der Waals surface area contributed by atoms with Gasteiger partial charge in [0.1, 0.15) is 10.8 Å². The Labute approximate surface area is 113 Å². The lowest BCUT2D eigenvalue weighted by Crippen LogP contribution is -1.90. The van der Waals surface area contributed by atoms with Crippen molar-refractivity contribution in [3.8, 4) is 11.6 Å². The van der Waals surface area contributed by atoms with Crippen LogP contribution in [-0.2, 0) is 0 Å². The molecule has 4 nitrogen and oxygen atoms in total. The van der Waals surface area contributed by atoms with Crippen molar-refractivity contribution in [2.45, 2.75) is 0 Å². The van der Waals surface area contributed by atoms with Gasteiger partial charge in [0, 0.05) is 6.20 Å². The van der Waals surface area contributed by atoms with Crippen LogP contribution in [0.5, 0.6) is 11.6 Å². The lowest BCUT2D eigenvalue weighted by Gasteiger charge is -2.06. The molecule has 0 saturated heterocycles. The van der Waals surface area contributed by atoms with E-state index in [1.54, 1.807) is 30.3 Å². The molecule has 1 N–H and O–H groups in total. The Balaban J connectivity index is 2.25. The van der Waals surface area contributed by atoms with Gasteiger partial charge < -0.3 is 9.94 Å². The zero-order valence-electron chi connectivity index (χ0n) is 9.05. The summed E-state index contributed by atoms with van der Waals surface area (Å²) in [5.74, 6) is 0.795. The van der Waals surface area contributed by atoms with Gasteiger partial charge in [-0.15, -0.1) is 0 Å². The second kappa shape index (κ2) is 5.71. The van der Waals surface area contributed by atoms with E-state index >= 15 is 0 Å². The minimum atomic E-state index is 0.263. The number of halogens is 2. The van der Waals surface area contributed by atoms with Crippen LogP contribution in [0.1, 0.15) is 5.56 Å². The summed E-state index contributed by atoms with van der Waals surface area (Å²) >= 11 is 11.7. The Morgan fingerprint density at radius 2 is 2.11 bits per heavy atom. The van der Waals surface area contributed by atoms with Crippen molar-refractivity contribution in [1.82, 2.24) is 4.98 Å². The molecule has 0 aliphatic heterocycles. The first kappa shape index (κ1) is 12.7. The van der Waals surface area contributed by atoms with Crippen molar-refractivity contribution in [1.29, 1.82) is 0 Å². The molecular weight excluding hydrogens is 275 g/mol. The van der Waals surface area contributed by atoms with E-state index in [1.807, 2.05) is 0 Å². The number of oxime groups is 1. The predicted molar refractivity (Wildman–Crippen MR) is 70.2 cm³/mol. The van der Waals surface area contributed by atoms with E-state index in [9.17, 15) is 0 Å². The van der Waals surface area contributed by atoms with Crippen LogP contribution < -0.4 is 4.74 Å². The summed E-state index contributed by atoms with van der Waals surface area (Å²) in [6.07, 6.45) is 2.74. The molecule has 0 atom stereocenters. The van der Waals surface area contributed by atoms with E-state index in [1.165, 1.54) is 12.4 Å². The Morgan fingerprint density at radius 3 is 2.83 bits per heavy atom. The fourth-order valence-corrected chi connectivity index (χ4v) is 1.73. The van der Waals surface area contributed by atoms with Gasteiger partial charge in [-0.25, -0.2) is 4.98 Å². The summed E-state index contributed by atoms with van der Waals surface area (Å²) in [6.45, 7) is 0. The van der Waals surface area contributed by atoms with Crippen LogP contribution in [0.15, 0.2) is 41.7 Å². The number of aromatic nitrogens is 1. The van der Waals surface area contributed by atoms with Gasteiger partial charge >= 0.3 is 0 Å². The van der Waals surface area contributed by atoms with Gasteiger partial charge in [-0.1, -0.05) is 40.5 Å². The van der Waals surface area contributed by atoms with Gasteiger partial charge in [0.15, 0.2) is 0 Å². The lowest BCUT2D eigenvalue weighted by atomic mass is 10.2. The monoisotopic (exact) mass is 282 g/mol. The van der Waals surface area contributed by atoms with Crippen molar-refractivity contribution in [2.75, 3.05) is 0 Å². The van der Waals surface area contributed by atoms with E-state index in [-0.39, 0.29) is 5.88 Å². The molecule has 0 aliphatic carbocycles. The van der Waals surface area contributed by atoms with Gasteiger partial charge in [-0.2, -0.15) is 0 Å². The van der Waals surface area contributed by atoms with Crippen molar-refractivity contribution in [2.24, 2.45) is 5.16 Å². The molecule has 2 aromatic rings. The highest BCUT2D eigenvalue weighted by atomic mass is 35.5. The molecule has 0 amide bonds. The molecular formula is C12H8Cl2N2O2. The molecule has 1 aromatic carbocycles. The first-order valence-electron chi connectivity index (χ1n) is 4.95. The maximum atomic E-state index is 8.46. The zero-order valence-corrected chi connectivity index (χ0v) is 10.6. The summed E-state index contributed by atoms with van der Waals surface area (Å²) in [6, 6.07) is 8.50. The highest BCUT2D eigenvalue weighted by Gasteiger charge is 2.05. The molecule has 1 heterocycles. The minimum absolute atomic E-state index is 0.263. The molecule has 6 heteroatoms. The first-order valence-corrected chi connectivity index (χ1v) is 5.71. The number of nitrogens with zero attached hydrogens (tertiary/aromatic N) is 2. The summed E-state index contributed by atoms with van der Waals surface area (Å²) in [4.78, 5) is 3.98. The van der Waals surface area contributed by atoms with Gasteiger partial charge in [0.2, 0.25) is 5.88 Å². The molecule has 92 valence electrons. The second-order valence-electron chi connectivity index (χ2n) is 3.36. The zero-order chi connectivity index (χ0) is 13.0. The molecule has 1 aromatic heterocycles. The second-order valence-corrected chi connectivity index (χ2v) is 4.20. The summed E-state index contributed by atoms with van der Waals surface area (Å²) in [7, 11) is 0. The Bertz CT molecular complexity index is 588. The van der Waals surface area contributed by atoms with Crippen LogP contribution in [0, 0.1) is 0 Å². The van der Waals surface area contributed by atoms with E-state index in [0.717, 1.165) is 0 Å². The van der Waals surface area contributed by atoms with Crippen molar-refractivity contribution in [3.05, 3.63) is 52.1 Å². The summed E-state index contributed by atoms with van der Waals surface area (Å²) in [5.41, 5.74) is 0.695. The Hall–Kier alpha value is -1.78. The predicted octanol–water partition coefficient (Wildman–Crippen LogP) is 3.99. The topological polar surface area (TPSA) is 54.7 Å². The van der Waals surface area contributed by atoms with Crippen LogP contribution in [0.3, 0.4) is 0 Å². The van der Waals surface area contributed by atoms with Crippen molar-refractivity contribution in [3.63, 3.8) is 0 Å². The van der Waals surface area contributed by atoms with Crippen LogP contribution in [0.2, 0.25) is 10.0 Å². The average Bonchev–Trinajstić information content (AvgIpc) is 2.34. The van der Waals surface area contributed by atoms with E-state index in [0.29, 0.717) is 21.4 Å². The number of hydrogen-bond acceptors (Lipinski definition) is 4. The number of rotatable bonds is 3. The number of benzene rings is 1. The third-order valence-corrected chi connectivity index (χ3v) is 2.53. The van der Waals surface area contributed by atoms with E-state index in [2.05, 4.69) is 10.1 Å². The fraction of sp³-hybridized carbons (Fsp3) is 0. The van der Waals surface area contributed by atoms with Gasteiger partial charge in [0.05, 0.1) is 11.2 Å². The van der Waals surface area contributed by atoms with Crippen LogP contribution in [-0.4, -0.2) is 16.4 Å². The maximum Gasteiger partial charge on any atom is 0.238 e. The molecule has 0 saturated carbocycles. The van der Waals surface area contributed by atoms with Crippen molar-refractivity contribution < 1.29 is 9.94 Å². The molecule has 0 bridgehead atoms. The molecule has 2 rings (SSSR count). The number of pyridine rings is 1. The highest BCUT2D eigenvalue weighted by Crippen LogP contribution is 2.29. The Kier molecular flexibility index (Phi) is 4.02. The van der Waals surface area contributed by atoms with Gasteiger partial charge in [-0.05, 0) is 23.8 Å². The fourth-order valence-electron chi connectivity index (χ4n) is 1.31. The number of ether oxygens (including phenoxy) is 1. The molecule has 0 fully saturated rings. The molecule has 18 heavy (non-hydrogen) atoms. The third kappa shape index (κ3) is 3.12. The Morgan fingerprint density at radius 1 is 1.28 bits per heavy atom. The largest absolute Gasteiger partial charge is 0.438 e. The SMILES string of the molecule is O/N=C/c1cccc(Oc2ncc(Cl)cc2Cl)c1. The van der Waals surface area contributed by atoms with Crippen LogP contribution in [0.4, 0.5) is 0 Å². The highest BCUT2D eigenvalue weighted by molar-refractivity contribution is 6.35. The molecule has 0 unspecified atom stereocenters. The summed E-state index contributed by atoms with van der Waals surface area (Å²) < 4.78 is 5.51. The van der Waals surface area contributed by atoms with Gasteiger partial charge in [0.25, 0.3) is 0 Å². The number of hydrogen-bond donors (Lipinski definition) is 1. The van der Waals surface area contributed by atoms with Crippen LogP contribution >= 0.6 is 23.2 Å². The van der Waals surface area contributed by atoms with Gasteiger partial charge in [-0.3, -0.25) is 0 Å². The van der Waals surface area contributed by atoms with E-state index < -0.39 is 0 Å². The van der Waals surface area contributed by atoms with Crippen molar-refractivity contribution >= 4 is 29.4 Å². The molecule has 0 spiro atoms. The van der Waals surface area contributed by atoms with E-state index in [4.69, 9.17) is 33.1 Å². The first-order chi connectivity index (χ1) is 8.69. The smallest absolute Gasteiger partial charge is 0.238 e. The quantitative estimate of drug-likeness (QED) is 0.526. The summed E-state index contributed by atoms with van der Waals surface area (Å²) in [5, 5.41) is 12.2. The third-order valence-electron chi connectivity index (χ3n) is 2.05. The average molecular weight is 283 g/mol. The normalized spacial score (nSPS) is 10.8. The lowest BCUT2D eigenvalue weighted by molar-refractivity contribution is 0.322. The standard InChI is InChI=1S/C12H8Cl2N2O2/c13-9-5-11(14)12(15-7-9)18-10-3-1-2-8(4-10)6-16-17/h1-7,17H/b16-6+. The van der Waals surface area contributed by atoms with Crippen LogP contribution in [0.25, 0.3) is 0 Å². The molecule has 0 radical (unpaired) electrons. The molecule has 0 aliphatic rings. The minimum Gasteiger partial charge on any atom is -0.438 e.